The topological polar surface area (TPSA) is 76.8 Å². The van der Waals surface area contributed by atoms with E-state index in [1.165, 1.54) is 6.26 Å². The number of carbonyl (C=O) groups excluding carboxylic acids is 3. The minimum absolute atomic E-state index is 0.197. The molecule has 3 aliphatic rings. The summed E-state index contributed by atoms with van der Waals surface area (Å²) in [5.41, 5.74) is 1.40. The Morgan fingerprint density at radius 1 is 0.868 bits per heavy atom. The molecule has 1 saturated heterocycles. The number of hydrogen-bond acceptors (Lipinski definition) is 6. The number of carbonyl (C=O) groups is 3. The first-order chi connectivity index (χ1) is 18.6. The molecule has 3 atom stereocenters. The summed E-state index contributed by atoms with van der Waals surface area (Å²) in [4.78, 5) is 45.3. The predicted molar refractivity (Wildman–Crippen MR) is 142 cm³/mol. The van der Waals surface area contributed by atoms with Crippen LogP contribution in [0.15, 0.2) is 102 Å². The van der Waals surface area contributed by atoms with Crippen LogP contribution in [0.2, 0.25) is 0 Å². The maximum atomic E-state index is 14.5. The lowest BCUT2D eigenvalue weighted by Crippen LogP contribution is -2.48. The van der Waals surface area contributed by atoms with Crippen molar-refractivity contribution in [2.75, 3.05) is 12.0 Å². The maximum absolute atomic E-state index is 14.5. The van der Waals surface area contributed by atoms with Crippen LogP contribution in [0.1, 0.15) is 48.3 Å². The molecule has 4 aromatic rings. The molecule has 1 spiro atoms. The highest BCUT2D eigenvalue weighted by Crippen LogP contribution is 2.61. The Morgan fingerprint density at radius 2 is 1.55 bits per heavy atom. The van der Waals surface area contributed by atoms with E-state index in [-0.39, 0.29) is 17.3 Å². The van der Waals surface area contributed by atoms with Crippen LogP contribution in [0.3, 0.4) is 0 Å². The SMILES string of the molecule is COc1ccc(C(=O)[C@H]2[C@H](c3ccco3)C3(C(=O)c4ccccc4C3=O)[C@@H]3C=Cc4ccccc4N32)cc1. The number of fused-ring (bicyclic) bond motifs is 5. The van der Waals surface area contributed by atoms with Crippen LogP contribution in [-0.2, 0) is 0 Å². The molecule has 6 nitrogen and oxygen atoms in total. The number of benzene rings is 3. The lowest BCUT2D eigenvalue weighted by atomic mass is 9.65. The van der Waals surface area contributed by atoms with Crippen molar-refractivity contribution < 1.29 is 23.5 Å². The van der Waals surface area contributed by atoms with Gasteiger partial charge in [0.1, 0.15) is 23.0 Å². The summed E-state index contributed by atoms with van der Waals surface area (Å²) < 4.78 is 11.2. The highest BCUT2D eigenvalue weighted by atomic mass is 16.5. The second-order valence-electron chi connectivity index (χ2n) is 9.87. The Balaban J connectivity index is 1.51. The van der Waals surface area contributed by atoms with E-state index in [0.717, 1.165) is 11.3 Å². The van der Waals surface area contributed by atoms with Crippen molar-refractivity contribution in [3.8, 4) is 5.75 Å². The fraction of sp³-hybridized carbons (Fsp3) is 0.156. The number of methoxy groups -OCH3 is 1. The molecule has 1 aliphatic carbocycles. The molecule has 0 bridgehead atoms. The number of ether oxygens (including phenoxy) is 1. The Morgan fingerprint density at radius 3 is 2.21 bits per heavy atom. The smallest absolute Gasteiger partial charge is 0.186 e. The Bertz CT molecular complexity index is 1600. The first-order valence-corrected chi connectivity index (χ1v) is 12.5. The Kier molecular flexibility index (Phi) is 4.82. The van der Waals surface area contributed by atoms with Gasteiger partial charge in [0.25, 0.3) is 0 Å². The molecule has 0 unspecified atom stereocenters. The summed E-state index contributed by atoms with van der Waals surface area (Å²) in [6, 6.07) is 23.6. The summed E-state index contributed by atoms with van der Waals surface area (Å²) in [6.07, 6.45) is 5.37. The van der Waals surface area contributed by atoms with Gasteiger partial charge in [0.15, 0.2) is 17.3 Å². The molecular weight excluding hydrogens is 478 g/mol. The first-order valence-electron chi connectivity index (χ1n) is 12.5. The van der Waals surface area contributed by atoms with E-state index < -0.39 is 23.4 Å². The van der Waals surface area contributed by atoms with Crippen LogP contribution >= 0.6 is 0 Å². The number of nitrogens with zero attached hydrogens (tertiary/aromatic N) is 1. The standard InChI is InChI=1S/C32H23NO5/c1-37-21-15-12-20(13-16-21)29(34)28-27(25-11-6-18-38-25)32(30(35)22-8-3-4-9-23(22)31(32)36)26-17-14-19-7-2-5-10-24(19)33(26)28/h2-18,26-28H,1H3/t26-,27-,28+/m0/s1. The third-order valence-corrected chi connectivity index (χ3v) is 8.21. The number of Topliss-reactive ketones (excluding diaryl/α,β-unsaturated/α-hetero) is 3. The largest absolute Gasteiger partial charge is 0.497 e. The van der Waals surface area contributed by atoms with E-state index in [2.05, 4.69) is 0 Å². The van der Waals surface area contributed by atoms with Crippen molar-refractivity contribution in [3.05, 3.63) is 125 Å². The number of ketones is 3. The number of anilines is 1. The second-order valence-corrected chi connectivity index (χ2v) is 9.87. The molecule has 2 aliphatic heterocycles. The van der Waals surface area contributed by atoms with Gasteiger partial charge in [-0.2, -0.15) is 0 Å². The molecule has 7 rings (SSSR count). The van der Waals surface area contributed by atoms with E-state index in [9.17, 15) is 14.4 Å². The number of hydrogen-bond donors (Lipinski definition) is 0. The summed E-state index contributed by atoms with van der Waals surface area (Å²) in [7, 11) is 1.57. The molecule has 6 heteroatoms. The molecule has 186 valence electrons. The monoisotopic (exact) mass is 501 g/mol. The van der Waals surface area contributed by atoms with Gasteiger partial charge in [-0.1, -0.05) is 54.6 Å². The first kappa shape index (κ1) is 22.5. The summed E-state index contributed by atoms with van der Waals surface area (Å²) in [6.45, 7) is 0. The highest BCUT2D eigenvalue weighted by Gasteiger charge is 2.72. The van der Waals surface area contributed by atoms with Crippen molar-refractivity contribution >= 4 is 29.1 Å². The van der Waals surface area contributed by atoms with Gasteiger partial charge in [0.05, 0.1) is 25.3 Å². The molecule has 1 aromatic heterocycles. The predicted octanol–water partition coefficient (Wildman–Crippen LogP) is 5.60. The summed E-state index contributed by atoms with van der Waals surface area (Å²) in [5, 5.41) is 0. The third-order valence-electron chi connectivity index (χ3n) is 8.21. The molecular formula is C32H23NO5. The van der Waals surface area contributed by atoms with Crippen LogP contribution in [-0.4, -0.2) is 36.5 Å². The Hall–Kier alpha value is -4.71. The normalized spacial score (nSPS) is 22.3. The Labute approximate surface area is 219 Å². The number of rotatable bonds is 4. The van der Waals surface area contributed by atoms with E-state index in [0.29, 0.717) is 28.2 Å². The van der Waals surface area contributed by atoms with Crippen LogP contribution in [0.4, 0.5) is 5.69 Å². The van der Waals surface area contributed by atoms with Gasteiger partial charge in [-0.3, -0.25) is 14.4 Å². The van der Waals surface area contributed by atoms with Gasteiger partial charge < -0.3 is 14.1 Å². The highest BCUT2D eigenvalue weighted by molar-refractivity contribution is 6.32. The van der Waals surface area contributed by atoms with E-state index >= 15 is 0 Å². The van der Waals surface area contributed by atoms with Gasteiger partial charge in [0, 0.05) is 22.4 Å². The average Bonchev–Trinajstić information content (AvgIpc) is 3.66. The third kappa shape index (κ3) is 2.80. The molecule has 0 saturated carbocycles. The van der Waals surface area contributed by atoms with E-state index in [1.807, 2.05) is 41.3 Å². The maximum Gasteiger partial charge on any atom is 0.186 e. The average molecular weight is 502 g/mol. The van der Waals surface area contributed by atoms with Crippen molar-refractivity contribution in [2.24, 2.45) is 5.41 Å². The fourth-order valence-corrected chi connectivity index (χ4v) is 6.62. The number of para-hydroxylation sites is 1. The van der Waals surface area contributed by atoms with Gasteiger partial charge >= 0.3 is 0 Å². The summed E-state index contributed by atoms with van der Waals surface area (Å²) >= 11 is 0. The zero-order valence-electron chi connectivity index (χ0n) is 20.5. The molecule has 3 heterocycles. The zero-order chi connectivity index (χ0) is 26.0. The zero-order valence-corrected chi connectivity index (χ0v) is 20.5. The minimum atomic E-state index is -1.56. The second kappa shape index (κ2) is 8.15. The molecule has 0 amide bonds. The lowest BCUT2D eigenvalue weighted by molar-refractivity contribution is 0.0652. The quantitative estimate of drug-likeness (QED) is 0.267. The van der Waals surface area contributed by atoms with Crippen LogP contribution in [0.25, 0.3) is 6.08 Å². The lowest BCUT2D eigenvalue weighted by Gasteiger charge is -2.37. The molecule has 1 fully saturated rings. The van der Waals surface area contributed by atoms with Crippen LogP contribution in [0, 0.1) is 5.41 Å². The van der Waals surface area contributed by atoms with Crippen molar-refractivity contribution in [1.82, 2.24) is 0 Å². The molecule has 0 N–H and O–H groups in total. The molecule has 38 heavy (non-hydrogen) atoms. The van der Waals surface area contributed by atoms with Gasteiger partial charge in [-0.05, 0) is 48.0 Å². The number of furan rings is 1. The van der Waals surface area contributed by atoms with Gasteiger partial charge in [0.2, 0.25) is 0 Å². The fourth-order valence-electron chi connectivity index (χ4n) is 6.62. The van der Waals surface area contributed by atoms with E-state index in [4.69, 9.17) is 9.15 Å². The van der Waals surface area contributed by atoms with Gasteiger partial charge in [-0.15, -0.1) is 0 Å². The van der Waals surface area contributed by atoms with E-state index in [1.54, 1.807) is 67.8 Å². The van der Waals surface area contributed by atoms with Crippen LogP contribution in [0.5, 0.6) is 5.75 Å². The summed E-state index contributed by atoms with van der Waals surface area (Å²) in [5.74, 6) is -0.524. The van der Waals surface area contributed by atoms with Crippen molar-refractivity contribution in [1.29, 1.82) is 0 Å². The molecule has 0 radical (unpaired) electrons. The van der Waals surface area contributed by atoms with Gasteiger partial charge in [-0.25, -0.2) is 0 Å². The van der Waals surface area contributed by atoms with Crippen molar-refractivity contribution in [3.63, 3.8) is 0 Å². The minimum Gasteiger partial charge on any atom is -0.497 e. The molecule has 3 aromatic carbocycles. The van der Waals surface area contributed by atoms with Crippen molar-refractivity contribution in [2.45, 2.75) is 18.0 Å². The van der Waals surface area contributed by atoms with Crippen LogP contribution < -0.4 is 9.64 Å².